The lowest BCUT2D eigenvalue weighted by Gasteiger charge is -2.26. The van der Waals surface area contributed by atoms with Crippen molar-refractivity contribution in [3.8, 4) is 0 Å². The van der Waals surface area contributed by atoms with Crippen molar-refractivity contribution in [3.05, 3.63) is 59.1 Å². The molecule has 0 aromatic heterocycles. The van der Waals surface area contributed by atoms with Gasteiger partial charge in [-0.25, -0.2) is 8.42 Å². The Morgan fingerprint density at radius 3 is 2.42 bits per heavy atom. The number of amides is 1. The number of anilines is 1. The molecule has 1 amide bonds. The molecular formula is C19H23ClN2O3S. The molecule has 0 unspecified atom stereocenters. The molecule has 0 atom stereocenters. The van der Waals surface area contributed by atoms with Gasteiger partial charge in [-0.1, -0.05) is 49.7 Å². The Kier molecular flexibility index (Phi) is 6.67. The van der Waals surface area contributed by atoms with E-state index < -0.39 is 10.0 Å². The van der Waals surface area contributed by atoms with Crippen LogP contribution in [0.1, 0.15) is 19.4 Å². The Labute approximate surface area is 160 Å². The van der Waals surface area contributed by atoms with Gasteiger partial charge < -0.3 is 5.32 Å². The molecule has 2 rings (SSSR count). The quantitative estimate of drug-likeness (QED) is 0.779. The highest BCUT2D eigenvalue weighted by Crippen LogP contribution is 2.29. The number of nitrogens with one attached hydrogen (secondary N) is 1. The minimum atomic E-state index is -3.91. The van der Waals surface area contributed by atoms with Crippen LogP contribution >= 0.6 is 11.6 Å². The van der Waals surface area contributed by atoms with Crippen molar-refractivity contribution in [2.75, 3.05) is 17.4 Å². The monoisotopic (exact) mass is 394 g/mol. The second-order valence-electron chi connectivity index (χ2n) is 6.45. The number of hydrogen-bond donors (Lipinski definition) is 1. The topological polar surface area (TPSA) is 66.5 Å². The van der Waals surface area contributed by atoms with Crippen LogP contribution in [-0.2, 0) is 14.8 Å². The van der Waals surface area contributed by atoms with Gasteiger partial charge in [0, 0.05) is 11.6 Å². The fourth-order valence-electron chi connectivity index (χ4n) is 2.37. The van der Waals surface area contributed by atoms with E-state index in [4.69, 9.17) is 11.6 Å². The number of carbonyl (C=O) groups is 1. The SMILES string of the molecule is Cc1ccc(Cl)cc1N(CC(=O)NCC(C)C)S(=O)(=O)c1ccccc1. The van der Waals surface area contributed by atoms with Gasteiger partial charge in [0.25, 0.3) is 10.0 Å². The molecule has 7 heteroatoms. The highest BCUT2D eigenvalue weighted by atomic mass is 35.5. The molecule has 0 radical (unpaired) electrons. The van der Waals surface area contributed by atoms with E-state index in [1.165, 1.54) is 12.1 Å². The van der Waals surface area contributed by atoms with E-state index in [0.717, 1.165) is 4.31 Å². The average molecular weight is 395 g/mol. The second-order valence-corrected chi connectivity index (χ2v) is 8.75. The largest absolute Gasteiger partial charge is 0.354 e. The smallest absolute Gasteiger partial charge is 0.264 e. The summed E-state index contributed by atoms with van der Waals surface area (Å²) in [6, 6.07) is 13.0. The number of nitrogens with zero attached hydrogens (tertiary/aromatic N) is 1. The van der Waals surface area contributed by atoms with E-state index in [1.807, 2.05) is 13.8 Å². The van der Waals surface area contributed by atoms with Gasteiger partial charge >= 0.3 is 0 Å². The Morgan fingerprint density at radius 1 is 1.15 bits per heavy atom. The average Bonchev–Trinajstić information content (AvgIpc) is 2.60. The third-order valence-corrected chi connectivity index (χ3v) is 5.77. The molecule has 0 aliphatic heterocycles. The molecule has 140 valence electrons. The Bertz CT molecular complexity index is 868. The van der Waals surface area contributed by atoms with Gasteiger partial charge in [-0.15, -0.1) is 0 Å². The number of halogens is 1. The van der Waals surface area contributed by atoms with Crippen molar-refractivity contribution in [3.63, 3.8) is 0 Å². The summed E-state index contributed by atoms with van der Waals surface area (Å²) in [5.74, 6) is -0.0939. The molecule has 0 saturated heterocycles. The first-order chi connectivity index (χ1) is 12.2. The lowest BCUT2D eigenvalue weighted by Crippen LogP contribution is -2.42. The van der Waals surface area contributed by atoms with E-state index in [0.29, 0.717) is 22.8 Å². The van der Waals surface area contributed by atoms with Crippen LogP contribution in [0.15, 0.2) is 53.4 Å². The number of hydrogen-bond acceptors (Lipinski definition) is 3. The summed E-state index contributed by atoms with van der Waals surface area (Å²) in [6.45, 7) is 5.89. The van der Waals surface area contributed by atoms with Crippen LogP contribution in [-0.4, -0.2) is 27.4 Å². The third-order valence-electron chi connectivity index (χ3n) is 3.77. The molecule has 0 spiro atoms. The first-order valence-corrected chi connectivity index (χ1v) is 10.1. The van der Waals surface area contributed by atoms with Crippen LogP contribution in [0.2, 0.25) is 5.02 Å². The highest BCUT2D eigenvalue weighted by molar-refractivity contribution is 7.92. The van der Waals surface area contributed by atoms with Gasteiger partial charge in [-0.05, 0) is 42.7 Å². The minimum absolute atomic E-state index is 0.121. The summed E-state index contributed by atoms with van der Waals surface area (Å²) in [6.07, 6.45) is 0. The predicted octanol–water partition coefficient (Wildman–Crippen LogP) is 3.62. The standard InChI is InChI=1S/C19H23ClN2O3S/c1-14(2)12-21-19(23)13-22(18-11-16(20)10-9-15(18)3)26(24,25)17-7-5-4-6-8-17/h4-11,14H,12-13H2,1-3H3,(H,21,23). The van der Waals surface area contributed by atoms with Gasteiger partial charge in [-0.2, -0.15) is 0 Å². The van der Waals surface area contributed by atoms with Crippen LogP contribution in [0.4, 0.5) is 5.69 Å². The van der Waals surface area contributed by atoms with Crippen molar-refractivity contribution in [2.45, 2.75) is 25.7 Å². The fraction of sp³-hybridized carbons (Fsp3) is 0.316. The fourth-order valence-corrected chi connectivity index (χ4v) is 4.04. The van der Waals surface area contributed by atoms with E-state index in [2.05, 4.69) is 5.32 Å². The third kappa shape index (κ3) is 4.99. The summed E-state index contributed by atoms with van der Waals surface area (Å²) >= 11 is 6.07. The molecule has 5 nitrogen and oxygen atoms in total. The van der Waals surface area contributed by atoms with Gasteiger partial charge in [-0.3, -0.25) is 9.10 Å². The molecule has 26 heavy (non-hydrogen) atoms. The van der Waals surface area contributed by atoms with Gasteiger partial charge in [0.2, 0.25) is 5.91 Å². The van der Waals surface area contributed by atoms with Crippen LogP contribution in [0.25, 0.3) is 0 Å². The summed E-state index contributed by atoms with van der Waals surface area (Å²) in [7, 11) is -3.91. The zero-order chi connectivity index (χ0) is 19.3. The molecule has 0 heterocycles. The van der Waals surface area contributed by atoms with Crippen molar-refractivity contribution < 1.29 is 13.2 Å². The molecule has 0 aliphatic rings. The molecular weight excluding hydrogens is 372 g/mol. The lowest BCUT2D eigenvalue weighted by molar-refractivity contribution is -0.119. The first-order valence-electron chi connectivity index (χ1n) is 8.32. The van der Waals surface area contributed by atoms with Crippen molar-refractivity contribution in [1.29, 1.82) is 0 Å². The number of carbonyl (C=O) groups excluding carboxylic acids is 1. The van der Waals surface area contributed by atoms with Gasteiger partial charge in [0.15, 0.2) is 0 Å². The summed E-state index contributed by atoms with van der Waals surface area (Å²) in [5.41, 5.74) is 1.10. The van der Waals surface area contributed by atoms with E-state index in [-0.39, 0.29) is 23.3 Å². The van der Waals surface area contributed by atoms with Crippen LogP contribution in [0.3, 0.4) is 0 Å². The van der Waals surface area contributed by atoms with Gasteiger partial charge in [0.1, 0.15) is 6.54 Å². The molecule has 1 N–H and O–H groups in total. The molecule has 0 saturated carbocycles. The van der Waals surface area contributed by atoms with Gasteiger partial charge in [0.05, 0.1) is 10.6 Å². The maximum Gasteiger partial charge on any atom is 0.264 e. The maximum atomic E-state index is 13.2. The molecule has 2 aromatic carbocycles. The zero-order valence-electron chi connectivity index (χ0n) is 15.1. The number of aryl methyl sites for hydroxylation is 1. The minimum Gasteiger partial charge on any atom is -0.354 e. The van der Waals surface area contributed by atoms with Crippen LogP contribution < -0.4 is 9.62 Å². The summed E-state index contributed by atoms with van der Waals surface area (Å²) in [4.78, 5) is 12.5. The highest BCUT2D eigenvalue weighted by Gasteiger charge is 2.28. The summed E-state index contributed by atoms with van der Waals surface area (Å²) in [5, 5.41) is 3.17. The predicted molar refractivity (Wildman–Crippen MR) is 105 cm³/mol. The van der Waals surface area contributed by atoms with E-state index in [9.17, 15) is 13.2 Å². The number of sulfonamides is 1. The Balaban J connectivity index is 2.45. The van der Waals surface area contributed by atoms with E-state index >= 15 is 0 Å². The van der Waals surface area contributed by atoms with E-state index in [1.54, 1.807) is 43.3 Å². The Morgan fingerprint density at radius 2 is 1.81 bits per heavy atom. The zero-order valence-corrected chi connectivity index (χ0v) is 16.6. The molecule has 2 aromatic rings. The summed E-state index contributed by atoms with van der Waals surface area (Å²) < 4.78 is 27.5. The molecule has 0 aliphatic carbocycles. The number of rotatable bonds is 7. The van der Waals surface area contributed by atoms with Crippen molar-refractivity contribution in [1.82, 2.24) is 5.32 Å². The first kappa shape index (κ1) is 20.3. The maximum absolute atomic E-state index is 13.2. The normalized spacial score (nSPS) is 11.4. The second kappa shape index (κ2) is 8.56. The van der Waals surface area contributed by atoms with Crippen molar-refractivity contribution >= 4 is 33.2 Å². The molecule has 0 fully saturated rings. The number of benzene rings is 2. The van der Waals surface area contributed by atoms with Crippen LogP contribution in [0.5, 0.6) is 0 Å². The molecule has 0 bridgehead atoms. The Hall–Kier alpha value is -2.05. The van der Waals surface area contributed by atoms with Crippen molar-refractivity contribution in [2.24, 2.45) is 5.92 Å². The lowest BCUT2D eigenvalue weighted by atomic mass is 10.2. The van der Waals surface area contributed by atoms with Crippen LogP contribution in [0, 0.1) is 12.8 Å².